The van der Waals surface area contributed by atoms with Gasteiger partial charge in [0.15, 0.2) is 0 Å². The number of aromatic amines is 1. The van der Waals surface area contributed by atoms with E-state index in [9.17, 15) is 0 Å². The highest BCUT2D eigenvalue weighted by molar-refractivity contribution is 5.80. The number of hydrogen-bond donors (Lipinski definition) is 1. The molecule has 27 heavy (non-hydrogen) atoms. The molecule has 0 radical (unpaired) electrons. The predicted octanol–water partition coefficient (Wildman–Crippen LogP) is 4.38. The maximum absolute atomic E-state index is 4.27. The number of rotatable bonds is 2. The third-order valence-corrected chi connectivity index (χ3v) is 5.78. The first kappa shape index (κ1) is 16.2. The Labute approximate surface area is 158 Å². The molecular weight excluding hydrogens is 332 g/mol. The normalized spacial score (nSPS) is 19.9. The molecule has 1 aliphatic heterocycles. The van der Waals surface area contributed by atoms with E-state index in [0.717, 1.165) is 24.3 Å². The van der Waals surface area contributed by atoms with Crippen molar-refractivity contribution < 1.29 is 0 Å². The molecule has 1 aliphatic rings. The molecule has 0 fully saturated rings. The minimum Gasteiger partial charge on any atom is -0.361 e. The van der Waals surface area contributed by atoms with Gasteiger partial charge in [-0.05, 0) is 65.5 Å². The summed E-state index contributed by atoms with van der Waals surface area (Å²) in [6, 6.07) is 19.6. The Bertz CT molecular complexity index is 1120. The molecule has 4 nitrogen and oxygen atoms in total. The number of likely N-dealkylation sites (N-methyl/N-ethyl adjacent to an activating group) is 1. The average molecular weight is 354 g/mol. The summed E-state index contributed by atoms with van der Waals surface area (Å²) in [6.45, 7) is 4.31. The lowest BCUT2D eigenvalue weighted by molar-refractivity contribution is 0.248. The minimum atomic E-state index is -0.0469. The van der Waals surface area contributed by atoms with Crippen molar-refractivity contribution in [3.05, 3.63) is 83.7 Å². The van der Waals surface area contributed by atoms with Crippen LogP contribution in [-0.4, -0.2) is 33.7 Å². The fourth-order valence-electron chi connectivity index (χ4n) is 4.49. The number of hydrogen-bond acceptors (Lipinski definition) is 3. The van der Waals surface area contributed by atoms with Gasteiger partial charge in [0.1, 0.15) is 0 Å². The van der Waals surface area contributed by atoms with Crippen LogP contribution in [0.5, 0.6) is 0 Å². The van der Waals surface area contributed by atoms with Crippen LogP contribution >= 0.6 is 0 Å². The van der Waals surface area contributed by atoms with Crippen molar-refractivity contribution in [2.24, 2.45) is 0 Å². The van der Waals surface area contributed by atoms with E-state index < -0.39 is 0 Å². The molecule has 0 bridgehead atoms. The van der Waals surface area contributed by atoms with Gasteiger partial charge in [0.25, 0.3) is 0 Å². The topological polar surface area (TPSA) is 44.8 Å². The molecule has 1 N–H and O–H groups in total. The summed E-state index contributed by atoms with van der Waals surface area (Å²) < 4.78 is 0. The highest BCUT2D eigenvalue weighted by Gasteiger charge is 2.36. The lowest BCUT2D eigenvalue weighted by Gasteiger charge is -2.41. The first-order valence-electron chi connectivity index (χ1n) is 9.31. The van der Waals surface area contributed by atoms with Crippen LogP contribution in [0.25, 0.3) is 22.2 Å². The Kier molecular flexibility index (Phi) is 3.62. The van der Waals surface area contributed by atoms with Crippen LogP contribution in [0.3, 0.4) is 0 Å². The van der Waals surface area contributed by atoms with Gasteiger partial charge in [-0.3, -0.25) is 0 Å². The second-order valence-electron chi connectivity index (χ2n) is 7.76. The van der Waals surface area contributed by atoms with Crippen LogP contribution in [0.1, 0.15) is 23.6 Å². The number of aromatic nitrogens is 3. The highest BCUT2D eigenvalue weighted by Crippen LogP contribution is 2.40. The largest absolute Gasteiger partial charge is 0.361 e. The fraction of sp³-hybridized carbons (Fsp3) is 0.217. The van der Waals surface area contributed by atoms with Crippen molar-refractivity contribution in [3.63, 3.8) is 0 Å². The van der Waals surface area contributed by atoms with Gasteiger partial charge in [0, 0.05) is 42.0 Å². The van der Waals surface area contributed by atoms with E-state index in [2.05, 4.69) is 76.5 Å². The molecule has 134 valence electrons. The van der Waals surface area contributed by atoms with Crippen LogP contribution < -0.4 is 0 Å². The fourth-order valence-corrected chi connectivity index (χ4v) is 4.49. The van der Waals surface area contributed by atoms with Crippen molar-refractivity contribution in [2.75, 3.05) is 13.6 Å². The third kappa shape index (κ3) is 2.64. The molecule has 5 rings (SSSR count). The molecule has 2 aromatic heterocycles. The van der Waals surface area contributed by atoms with Crippen molar-refractivity contribution in [2.45, 2.75) is 18.9 Å². The Morgan fingerprint density at radius 1 is 1.07 bits per heavy atom. The van der Waals surface area contributed by atoms with Crippen LogP contribution in [-0.2, 0) is 12.0 Å². The van der Waals surface area contributed by atoms with E-state index in [1.807, 2.05) is 18.3 Å². The molecular formula is C23H22N4. The van der Waals surface area contributed by atoms with Crippen molar-refractivity contribution in [1.82, 2.24) is 20.1 Å². The second kappa shape index (κ2) is 6.03. The SMILES string of the molecule is CN1Cc2cc(-c3cccnn3)ccc2C(C)(c2ccc3[nH]ccc3c2)C1. The Morgan fingerprint density at radius 2 is 2.00 bits per heavy atom. The van der Waals surface area contributed by atoms with E-state index in [1.165, 1.54) is 27.6 Å². The Morgan fingerprint density at radius 3 is 2.85 bits per heavy atom. The number of nitrogens with one attached hydrogen (secondary N) is 1. The van der Waals surface area contributed by atoms with Gasteiger partial charge < -0.3 is 9.88 Å². The first-order chi connectivity index (χ1) is 13.1. The highest BCUT2D eigenvalue weighted by atomic mass is 15.1. The van der Waals surface area contributed by atoms with Gasteiger partial charge in [0.05, 0.1) is 5.69 Å². The number of H-pyrrole nitrogens is 1. The number of fused-ring (bicyclic) bond motifs is 2. The van der Waals surface area contributed by atoms with Gasteiger partial charge >= 0.3 is 0 Å². The zero-order chi connectivity index (χ0) is 18.4. The lowest BCUT2D eigenvalue weighted by atomic mass is 9.71. The molecule has 4 aromatic rings. The van der Waals surface area contributed by atoms with Gasteiger partial charge in [0.2, 0.25) is 0 Å². The van der Waals surface area contributed by atoms with Gasteiger partial charge in [-0.25, -0.2) is 0 Å². The molecule has 0 saturated carbocycles. The summed E-state index contributed by atoms with van der Waals surface area (Å²) in [6.07, 6.45) is 3.72. The van der Waals surface area contributed by atoms with Crippen LogP contribution in [0, 0.1) is 0 Å². The smallest absolute Gasteiger partial charge is 0.0929 e. The van der Waals surface area contributed by atoms with Crippen molar-refractivity contribution in [3.8, 4) is 11.3 Å². The molecule has 0 aliphatic carbocycles. The summed E-state index contributed by atoms with van der Waals surface area (Å²) >= 11 is 0. The van der Waals surface area contributed by atoms with E-state index in [0.29, 0.717) is 0 Å². The van der Waals surface area contributed by atoms with E-state index in [1.54, 1.807) is 6.20 Å². The lowest BCUT2D eigenvalue weighted by Crippen LogP contribution is -2.42. The minimum absolute atomic E-state index is 0.0469. The molecule has 4 heteroatoms. The van der Waals surface area contributed by atoms with Gasteiger partial charge in [-0.2, -0.15) is 10.2 Å². The first-order valence-corrected chi connectivity index (χ1v) is 9.31. The zero-order valence-corrected chi connectivity index (χ0v) is 15.6. The van der Waals surface area contributed by atoms with Gasteiger partial charge in [-0.1, -0.05) is 25.1 Å². The molecule has 0 spiro atoms. The quantitative estimate of drug-likeness (QED) is 0.581. The van der Waals surface area contributed by atoms with Crippen LogP contribution in [0.15, 0.2) is 67.0 Å². The molecule has 0 amide bonds. The van der Waals surface area contributed by atoms with Crippen LogP contribution in [0.2, 0.25) is 0 Å². The maximum Gasteiger partial charge on any atom is 0.0929 e. The third-order valence-electron chi connectivity index (χ3n) is 5.78. The molecule has 2 aromatic carbocycles. The van der Waals surface area contributed by atoms with Crippen molar-refractivity contribution in [1.29, 1.82) is 0 Å². The summed E-state index contributed by atoms with van der Waals surface area (Å²) in [5.41, 5.74) is 7.31. The van der Waals surface area contributed by atoms with E-state index in [-0.39, 0.29) is 5.41 Å². The average Bonchev–Trinajstić information content (AvgIpc) is 3.16. The summed E-state index contributed by atoms with van der Waals surface area (Å²) in [7, 11) is 2.20. The Hall–Kier alpha value is -2.98. The summed E-state index contributed by atoms with van der Waals surface area (Å²) in [4.78, 5) is 5.70. The molecule has 1 atom stereocenters. The van der Waals surface area contributed by atoms with E-state index in [4.69, 9.17) is 0 Å². The van der Waals surface area contributed by atoms with Gasteiger partial charge in [-0.15, -0.1) is 0 Å². The molecule has 1 unspecified atom stereocenters. The molecule has 0 saturated heterocycles. The maximum atomic E-state index is 4.27. The predicted molar refractivity (Wildman–Crippen MR) is 109 cm³/mol. The number of benzene rings is 2. The second-order valence-corrected chi connectivity index (χ2v) is 7.76. The van der Waals surface area contributed by atoms with Crippen molar-refractivity contribution >= 4 is 10.9 Å². The molecule has 3 heterocycles. The monoisotopic (exact) mass is 354 g/mol. The van der Waals surface area contributed by atoms with E-state index >= 15 is 0 Å². The van der Waals surface area contributed by atoms with Crippen LogP contribution in [0.4, 0.5) is 0 Å². The zero-order valence-electron chi connectivity index (χ0n) is 15.6. The summed E-state index contributed by atoms with van der Waals surface area (Å²) in [5, 5.41) is 9.56. The summed E-state index contributed by atoms with van der Waals surface area (Å²) in [5.74, 6) is 0. The Balaban J connectivity index is 1.65. The standard InChI is InChI=1S/C23H22N4/c1-23(19-6-8-21-17(13-19)9-11-24-21)15-27(2)14-18-12-16(5-7-20(18)23)22-4-3-10-25-26-22/h3-13,24H,14-15H2,1-2H3. The number of nitrogens with zero attached hydrogens (tertiary/aromatic N) is 3.